The number of carbonyl (C=O) groups excluding carboxylic acids is 2. The predicted octanol–water partition coefficient (Wildman–Crippen LogP) is 4.58. The second-order valence-corrected chi connectivity index (χ2v) is 8.54. The molecule has 0 aliphatic carbocycles. The van der Waals surface area contributed by atoms with Gasteiger partial charge in [0.15, 0.2) is 5.78 Å². The van der Waals surface area contributed by atoms with Gasteiger partial charge in [-0.25, -0.2) is 9.37 Å². The number of hydrogen-bond donors (Lipinski definition) is 0. The largest absolute Gasteiger partial charge is 0.298 e. The second kappa shape index (κ2) is 7.25. The summed E-state index contributed by atoms with van der Waals surface area (Å²) in [6, 6.07) is 13.2. The molecule has 2 aromatic carbocycles. The van der Waals surface area contributed by atoms with Crippen LogP contribution in [0, 0.1) is 5.82 Å². The van der Waals surface area contributed by atoms with Crippen molar-refractivity contribution in [3.63, 3.8) is 0 Å². The topological polar surface area (TPSA) is 50.3 Å². The molecule has 0 spiro atoms. The van der Waals surface area contributed by atoms with Crippen molar-refractivity contribution in [3.8, 4) is 0 Å². The van der Waals surface area contributed by atoms with E-state index in [1.54, 1.807) is 11.3 Å². The minimum absolute atomic E-state index is 0.0709. The molecule has 4 nitrogen and oxygen atoms in total. The third-order valence-corrected chi connectivity index (χ3v) is 6.32. The monoisotopic (exact) mass is 398 g/mol. The lowest BCUT2D eigenvalue weighted by Crippen LogP contribution is -2.32. The van der Waals surface area contributed by atoms with Crippen LogP contribution in [0.4, 0.5) is 4.39 Å². The molecule has 1 amide bonds. The van der Waals surface area contributed by atoms with E-state index in [0.29, 0.717) is 10.6 Å². The highest BCUT2D eigenvalue weighted by atomic mass is 32.2. The number of hydrogen-bond acceptors (Lipinski definition) is 5. The summed E-state index contributed by atoms with van der Waals surface area (Å²) in [5.41, 5.74) is 1.29. The van der Waals surface area contributed by atoms with Gasteiger partial charge in [-0.2, -0.15) is 0 Å². The van der Waals surface area contributed by atoms with E-state index in [4.69, 9.17) is 0 Å². The van der Waals surface area contributed by atoms with Gasteiger partial charge in [-0.05, 0) is 43.3 Å². The van der Waals surface area contributed by atoms with Gasteiger partial charge in [-0.15, -0.1) is 11.3 Å². The van der Waals surface area contributed by atoms with E-state index in [1.165, 1.54) is 40.9 Å². The molecular formula is C20H15FN2O2S2. The Balaban J connectivity index is 1.61. The van der Waals surface area contributed by atoms with Crippen LogP contribution in [0.2, 0.25) is 0 Å². The molecule has 27 heavy (non-hydrogen) atoms. The molecular weight excluding hydrogens is 383 g/mol. The minimum Gasteiger partial charge on any atom is -0.298 e. The van der Waals surface area contributed by atoms with Crippen LogP contribution in [0.25, 0.3) is 16.3 Å². The van der Waals surface area contributed by atoms with Crippen LogP contribution in [0.5, 0.6) is 0 Å². The summed E-state index contributed by atoms with van der Waals surface area (Å²) in [4.78, 5) is 31.1. The molecule has 0 unspecified atom stereocenters. The first-order valence-electron chi connectivity index (χ1n) is 8.35. The number of benzene rings is 2. The summed E-state index contributed by atoms with van der Waals surface area (Å²) in [5.74, 6) is -0.736. The highest BCUT2D eigenvalue weighted by molar-refractivity contribution is 8.04. The van der Waals surface area contributed by atoms with Crippen LogP contribution in [0.3, 0.4) is 0 Å². The average Bonchev–Trinajstić information content (AvgIpc) is 3.18. The smallest absolute Gasteiger partial charge is 0.241 e. The fraction of sp³-hybridized carbons (Fsp3) is 0.150. The number of ketones is 1. The maximum Gasteiger partial charge on any atom is 0.241 e. The van der Waals surface area contributed by atoms with Gasteiger partial charge in [0, 0.05) is 11.6 Å². The Kier molecular flexibility index (Phi) is 4.80. The molecule has 1 aliphatic rings. The number of rotatable bonds is 4. The summed E-state index contributed by atoms with van der Waals surface area (Å²) in [6.07, 6.45) is 1.86. The maximum absolute atomic E-state index is 13.1. The predicted molar refractivity (Wildman–Crippen MR) is 107 cm³/mol. The zero-order chi connectivity index (χ0) is 19.0. The van der Waals surface area contributed by atoms with Crippen molar-refractivity contribution in [2.24, 2.45) is 0 Å². The Morgan fingerprint density at radius 3 is 2.70 bits per heavy atom. The number of aromatic nitrogens is 1. The molecule has 7 heteroatoms. The van der Waals surface area contributed by atoms with Crippen LogP contribution < -0.4 is 0 Å². The van der Waals surface area contributed by atoms with Gasteiger partial charge in [-0.1, -0.05) is 23.9 Å². The van der Waals surface area contributed by atoms with Crippen molar-refractivity contribution in [1.82, 2.24) is 9.88 Å². The van der Waals surface area contributed by atoms with Gasteiger partial charge in [-0.3, -0.25) is 14.5 Å². The summed E-state index contributed by atoms with van der Waals surface area (Å²) in [5, 5.41) is 1.24. The lowest BCUT2D eigenvalue weighted by Gasteiger charge is -2.16. The van der Waals surface area contributed by atoms with E-state index in [9.17, 15) is 14.0 Å². The normalized spacial score (nSPS) is 18.6. The highest BCUT2D eigenvalue weighted by Crippen LogP contribution is 2.37. The van der Waals surface area contributed by atoms with Gasteiger partial charge in [0.1, 0.15) is 10.8 Å². The van der Waals surface area contributed by atoms with Gasteiger partial charge < -0.3 is 0 Å². The van der Waals surface area contributed by atoms with Crippen LogP contribution in [0.1, 0.15) is 22.3 Å². The molecule has 1 aromatic heterocycles. The molecule has 1 atom stereocenters. The number of carbonyl (C=O) groups is 2. The molecule has 1 fully saturated rings. The van der Waals surface area contributed by atoms with E-state index >= 15 is 0 Å². The Morgan fingerprint density at radius 1 is 1.22 bits per heavy atom. The van der Waals surface area contributed by atoms with Crippen LogP contribution in [-0.2, 0) is 4.79 Å². The number of thioether (sulfide) groups is 1. The second-order valence-electron chi connectivity index (χ2n) is 6.12. The summed E-state index contributed by atoms with van der Waals surface area (Å²) in [7, 11) is 0. The Hall–Kier alpha value is -2.51. The Labute approximate surface area is 163 Å². The summed E-state index contributed by atoms with van der Waals surface area (Å²) in [6.45, 7) is 1.75. The molecule has 1 aliphatic heterocycles. The number of amides is 1. The first-order valence-corrected chi connectivity index (χ1v) is 10.0. The van der Waals surface area contributed by atoms with Gasteiger partial charge in [0.05, 0.1) is 27.0 Å². The standard InChI is InChI=1S/C20H15FN2O2S2/c1-12-20(25)23(11-16(24)13-6-8-14(21)9-7-13)19(26-12)10-18-22-15-4-2-3-5-17(15)27-18/h2-10,12H,11H2,1H3/b19-10-/t12-/m1/s1. The SMILES string of the molecule is C[C@H]1S/C(=C\c2nc3ccccc3s2)N(CC(=O)c2ccc(F)cc2)C1=O. The number of thiazole rings is 1. The van der Waals surface area contributed by atoms with Crippen LogP contribution >= 0.6 is 23.1 Å². The number of halogens is 1. The number of nitrogens with zero attached hydrogens (tertiary/aromatic N) is 2. The maximum atomic E-state index is 13.1. The molecule has 136 valence electrons. The first-order chi connectivity index (χ1) is 13.0. The van der Waals surface area contributed by atoms with Crippen molar-refractivity contribution in [2.75, 3.05) is 6.54 Å². The van der Waals surface area contributed by atoms with E-state index in [0.717, 1.165) is 15.2 Å². The lowest BCUT2D eigenvalue weighted by atomic mass is 10.1. The van der Waals surface area contributed by atoms with E-state index in [2.05, 4.69) is 4.98 Å². The van der Waals surface area contributed by atoms with Crippen molar-refractivity contribution >= 4 is 51.1 Å². The molecule has 0 radical (unpaired) electrons. The molecule has 0 bridgehead atoms. The van der Waals surface area contributed by atoms with E-state index in [-0.39, 0.29) is 23.5 Å². The van der Waals surface area contributed by atoms with Crippen molar-refractivity contribution in [3.05, 3.63) is 69.9 Å². The van der Waals surface area contributed by atoms with Crippen LogP contribution in [0.15, 0.2) is 53.6 Å². The first kappa shape index (κ1) is 17.9. The lowest BCUT2D eigenvalue weighted by molar-refractivity contribution is -0.126. The molecule has 4 rings (SSSR count). The van der Waals surface area contributed by atoms with Crippen LogP contribution in [-0.4, -0.2) is 33.4 Å². The zero-order valence-electron chi connectivity index (χ0n) is 14.4. The Morgan fingerprint density at radius 2 is 1.96 bits per heavy atom. The minimum atomic E-state index is -0.399. The number of Topliss-reactive ketones (excluding diaryl/α,β-unsaturated/α-hetero) is 1. The van der Waals surface area contributed by atoms with E-state index < -0.39 is 5.82 Å². The molecule has 2 heterocycles. The third-order valence-electron chi connectivity index (χ3n) is 4.20. The molecule has 3 aromatic rings. The number of fused-ring (bicyclic) bond motifs is 1. The average molecular weight is 398 g/mol. The fourth-order valence-electron chi connectivity index (χ4n) is 2.82. The quantitative estimate of drug-likeness (QED) is 0.604. The third kappa shape index (κ3) is 3.65. The van der Waals surface area contributed by atoms with E-state index in [1.807, 2.05) is 37.3 Å². The summed E-state index contributed by atoms with van der Waals surface area (Å²) < 4.78 is 14.1. The fourth-order valence-corrected chi connectivity index (χ4v) is 4.85. The van der Waals surface area contributed by atoms with Crippen molar-refractivity contribution < 1.29 is 14.0 Å². The zero-order valence-corrected chi connectivity index (χ0v) is 16.0. The molecule has 0 N–H and O–H groups in total. The Bertz CT molecular complexity index is 1030. The van der Waals surface area contributed by atoms with Gasteiger partial charge in [0.25, 0.3) is 0 Å². The van der Waals surface area contributed by atoms with Crippen molar-refractivity contribution in [2.45, 2.75) is 12.2 Å². The molecule has 1 saturated heterocycles. The summed E-state index contributed by atoms with van der Waals surface area (Å²) >= 11 is 2.96. The van der Waals surface area contributed by atoms with Gasteiger partial charge in [0.2, 0.25) is 5.91 Å². The highest BCUT2D eigenvalue weighted by Gasteiger charge is 2.35. The number of para-hydroxylation sites is 1. The van der Waals surface area contributed by atoms with Gasteiger partial charge >= 0.3 is 0 Å². The molecule has 0 saturated carbocycles. The van der Waals surface area contributed by atoms with Crippen molar-refractivity contribution in [1.29, 1.82) is 0 Å².